The topological polar surface area (TPSA) is 46.3 Å². The lowest BCUT2D eigenvalue weighted by Gasteiger charge is -2.24. The molecule has 1 aliphatic heterocycles. The molecular weight excluding hydrogens is 300 g/mol. The molecule has 1 fully saturated rings. The summed E-state index contributed by atoms with van der Waals surface area (Å²) >= 11 is 5.94. The van der Waals surface area contributed by atoms with E-state index in [2.05, 4.69) is 5.16 Å². The van der Waals surface area contributed by atoms with Crippen molar-refractivity contribution in [3.8, 4) is 0 Å². The largest absolute Gasteiger partial charge is 0.360 e. The molecule has 0 radical (unpaired) electrons. The molecule has 1 saturated heterocycles. The average molecular weight is 319 g/mol. The molecule has 116 valence electrons. The number of nitrogens with zero attached hydrogens (tertiary/aromatic N) is 2. The Labute approximate surface area is 135 Å². The molecule has 1 amide bonds. The summed E-state index contributed by atoms with van der Waals surface area (Å²) in [5.74, 6) is 0.901. The second-order valence-corrected chi connectivity index (χ2v) is 6.41. The van der Waals surface area contributed by atoms with Gasteiger partial charge in [0.25, 0.3) is 5.91 Å². The zero-order chi connectivity index (χ0) is 15.7. The quantitative estimate of drug-likeness (QED) is 0.841. The van der Waals surface area contributed by atoms with Crippen LogP contribution in [0.2, 0.25) is 5.02 Å². The maximum Gasteiger partial charge on any atom is 0.276 e. The van der Waals surface area contributed by atoms with E-state index >= 15 is 0 Å². The van der Waals surface area contributed by atoms with Crippen molar-refractivity contribution in [3.05, 3.63) is 52.4 Å². The van der Waals surface area contributed by atoms with Gasteiger partial charge in [-0.25, -0.2) is 0 Å². The second kappa shape index (κ2) is 6.13. The lowest BCUT2D eigenvalue weighted by molar-refractivity contribution is 0.0725. The molecule has 22 heavy (non-hydrogen) atoms. The minimum atomic E-state index is -0.0619. The molecular formula is C17H19ClN2O2. The Morgan fingerprint density at radius 3 is 2.73 bits per heavy atom. The van der Waals surface area contributed by atoms with E-state index in [9.17, 15) is 4.79 Å². The summed E-state index contributed by atoms with van der Waals surface area (Å²) in [6.45, 7) is 4.78. The Balaban J connectivity index is 1.82. The van der Waals surface area contributed by atoms with Crippen molar-refractivity contribution in [1.82, 2.24) is 10.1 Å². The molecule has 0 bridgehead atoms. The summed E-state index contributed by atoms with van der Waals surface area (Å²) in [4.78, 5) is 14.6. The van der Waals surface area contributed by atoms with Crippen LogP contribution in [-0.2, 0) is 0 Å². The molecule has 2 aromatic rings. The third-order valence-corrected chi connectivity index (χ3v) is 4.34. The van der Waals surface area contributed by atoms with Gasteiger partial charge < -0.3 is 9.42 Å². The van der Waals surface area contributed by atoms with Gasteiger partial charge in [0.1, 0.15) is 5.76 Å². The molecule has 4 nitrogen and oxygen atoms in total. The summed E-state index contributed by atoms with van der Waals surface area (Å²) in [5, 5.41) is 4.64. The minimum absolute atomic E-state index is 0.0619. The number of hydrogen-bond donors (Lipinski definition) is 0. The third-order valence-electron chi connectivity index (χ3n) is 4.08. The number of amides is 1. The van der Waals surface area contributed by atoms with E-state index in [-0.39, 0.29) is 17.9 Å². The van der Waals surface area contributed by atoms with Crippen LogP contribution in [-0.4, -0.2) is 22.5 Å². The predicted molar refractivity (Wildman–Crippen MR) is 85.1 cm³/mol. The number of rotatable bonds is 3. The van der Waals surface area contributed by atoms with Crippen molar-refractivity contribution in [1.29, 1.82) is 0 Å². The normalized spacial score (nSPS) is 18.2. The van der Waals surface area contributed by atoms with Crippen LogP contribution in [0.5, 0.6) is 0 Å². The van der Waals surface area contributed by atoms with Crippen molar-refractivity contribution in [2.24, 2.45) is 0 Å². The van der Waals surface area contributed by atoms with Gasteiger partial charge in [-0.1, -0.05) is 42.7 Å². The molecule has 1 atom stereocenters. The first-order valence-corrected chi connectivity index (χ1v) is 7.97. The van der Waals surface area contributed by atoms with E-state index < -0.39 is 0 Å². The highest BCUT2D eigenvalue weighted by atomic mass is 35.5. The van der Waals surface area contributed by atoms with Gasteiger partial charge in [-0.15, -0.1) is 0 Å². The van der Waals surface area contributed by atoms with Crippen LogP contribution in [0.25, 0.3) is 0 Å². The number of halogens is 1. The fourth-order valence-corrected chi connectivity index (χ4v) is 2.98. The van der Waals surface area contributed by atoms with Crippen LogP contribution < -0.4 is 0 Å². The van der Waals surface area contributed by atoms with Crippen molar-refractivity contribution >= 4 is 17.5 Å². The molecule has 2 heterocycles. The van der Waals surface area contributed by atoms with Crippen molar-refractivity contribution in [2.45, 2.75) is 38.6 Å². The van der Waals surface area contributed by atoms with Gasteiger partial charge in [-0.3, -0.25) is 4.79 Å². The lowest BCUT2D eigenvalue weighted by atomic mass is 10.0. The minimum Gasteiger partial charge on any atom is -0.360 e. The van der Waals surface area contributed by atoms with E-state index in [1.807, 2.05) is 43.0 Å². The molecule has 1 aromatic carbocycles. The average Bonchev–Trinajstić information content (AvgIpc) is 3.17. The van der Waals surface area contributed by atoms with E-state index in [0.29, 0.717) is 10.7 Å². The van der Waals surface area contributed by atoms with Crippen molar-refractivity contribution < 1.29 is 9.32 Å². The first-order valence-electron chi connectivity index (χ1n) is 7.59. The van der Waals surface area contributed by atoms with E-state index in [4.69, 9.17) is 16.1 Å². The molecule has 5 heteroatoms. The predicted octanol–water partition coefficient (Wildman–Crippen LogP) is 4.43. The monoisotopic (exact) mass is 318 g/mol. The molecule has 0 unspecified atom stereocenters. The van der Waals surface area contributed by atoms with Gasteiger partial charge in [0.2, 0.25) is 0 Å². The first-order chi connectivity index (χ1) is 10.6. The zero-order valence-corrected chi connectivity index (χ0v) is 13.5. The Morgan fingerprint density at radius 1 is 1.36 bits per heavy atom. The van der Waals surface area contributed by atoms with E-state index in [0.717, 1.165) is 30.7 Å². The van der Waals surface area contributed by atoms with Gasteiger partial charge in [-0.2, -0.15) is 0 Å². The Kier molecular flexibility index (Phi) is 4.21. The van der Waals surface area contributed by atoms with Crippen molar-refractivity contribution in [3.63, 3.8) is 0 Å². The highest BCUT2D eigenvalue weighted by molar-refractivity contribution is 6.30. The van der Waals surface area contributed by atoms with E-state index in [1.54, 1.807) is 6.07 Å². The lowest BCUT2D eigenvalue weighted by Crippen LogP contribution is -2.30. The molecule has 1 aromatic heterocycles. The highest BCUT2D eigenvalue weighted by Gasteiger charge is 2.32. The number of benzene rings is 1. The van der Waals surface area contributed by atoms with Crippen LogP contribution in [0.4, 0.5) is 0 Å². The Hall–Kier alpha value is -1.81. The summed E-state index contributed by atoms with van der Waals surface area (Å²) in [6.07, 6.45) is 1.95. The van der Waals surface area contributed by atoms with Gasteiger partial charge >= 0.3 is 0 Å². The standard InChI is InChI=1S/C17H19ClN2O2/c1-11(2)16-10-14(19-22-16)17(21)20-9-3-4-15(20)12-5-7-13(18)8-6-12/h5-8,10-11,15H,3-4,9H2,1-2H3/t15-/m0/s1. The molecule has 3 rings (SSSR count). The molecule has 0 N–H and O–H groups in total. The van der Waals surface area contributed by atoms with Gasteiger partial charge in [0, 0.05) is 23.6 Å². The fraction of sp³-hybridized carbons (Fsp3) is 0.412. The summed E-state index contributed by atoms with van der Waals surface area (Å²) in [7, 11) is 0. The van der Waals surface area contributed by atoms with Gasteiger partial charge in [0.05, 0.1) is 6.04 Å². The number of aromatic nitrogens is 1. The molecule has 0 aliphatic carbocycles. The van der Waals surface area contributed by atoms with Crippen LogP contribution in [0.15, 0.2) is 34.9 Å². The van der Waals surface area contributed by atoms with Crippen LogP contribution in [0, 0.1) is 0 Å². The zero-order valence-electron chi connectivity index (χ0n) is 12.8. The van der Waals surface area contributed by atoms with Crippen LogP contribution in [0.3, 0.4) is 0 Å². The number of carbonyl (C=O) groups is 1. The summed E-state index contributed by atoms with van der Waals surface area (Å²) in [5.41, 5.74) is 1.51. The second-order valence-electron chi connectivity index (χ2n) is 5.98. The van der Waals surface area contributed by atoms with Crippen molar-refractivity contribution in [2.75, 3.05) is 6.54 Å². The fourth-order valence-electron chi connectivity index (χ4n) is 2.85. The van der Waals surface area contributed by atoms with E-state index in [1.165, 1.54) is 0 Å². The maximum absolute atomic E-state index is 12.7. The Bertz CT molecular complexity index is 664. The maximum atomic E-state index is 12.7. The highest BCUT2D eigenvalue weighted by Crippen LogP contribution is 2.33. The third kappa shape index (κ3) is 2.88. The summed E-state index contributed by atoms with van der Waals surface area (Å²) < 4.78 is 5.25. The number of hydrogen-bond acceptors (Lipinski definition) is 3. The molecule has 1 aliphatic rings. The number of carbonyl (C=O) groups excluding carboxylic acids is 1. The van der Waals surface area contributed by atoms with Crippen LogP contribution >= 0.6 is 11.6 Å². The SMILES string of the molecule is CC(C)c1cc(C(=O)N2CCC[C@H]2c2ccc(Cl)cc2)no1. The molecule has 0 saturated carbocycles. The smallest absolute Gasteiger partial charge is 0.276 e. The molecule has 0 spiro atoms. The summed E-state index contributed by atoms with van der Waals surface area (Å²) in [6, 6.07) is 9.55. The van der Waals surface area contributed by atoms with Gasteiger partial charge in [0.15, 0.2) is 5.69 Å². The first kappa shape index (κ1) is 15.1. The van der Waals surface area contributed by atoms with Gasteiger partial charge in [-0.05, 0) is 30.5 Å². The van der Waals surface area contributed by atoms with Crippen LogP contribution in [0.1, 0.15) is 60.5 Å². The Morgan fingerprint density at radius 2 is 2.09 bits per heavy atom. The number of likely N-dealkylation sites (tertiary alicyclic amines) is 1.